The zero-order chi connectivity index (χ0) is 18.0. The number of hydrogen-bond acceptors (Lipinski definition) is 5. The van der Waals surface area contributed by atoms with Gasteiger partial charge < -0.3 is 19.7 Å². The number of nitrogens with zero attached hydrogens (tertiary/aromatic N) is 2. The van der Waals surface area contributed by atoms with E-state index in [0.29, 0.717) is 18.8 Å². The molecule has 0 saturated carbocycles. The number of aromatic nitrogens is 1. The van der Waals surface area contributed by atoms with E-state index < -0.39 is 0 Å². The molecule has 136 valence electrons. The van der Waals surface area contributed by atoms with E-state index in [1.54, 1.807) is 6.20 Å². The number of aryl methyl sites for hydroxylation is 1. The van der Waals surface area contributed by atoms with Crippen LogP contribution < -0.4 is 10.2 Å². The van der Waals surface area contributed by atoms with Crippen molar-refractivity contribution < 1.29 is 14.3 Å². The van der Waals surface area contributed by atoms with Gasteiger partial charge in [0.05, 0.1) is 18.8 Å². The summed E-state index contributed by atoms with van der Waals surface area (Å²) in [6.07, 6.45) is 3.31. The first-order valence-corrected chi connectivity index (χ1v) is 9.01. The number of anilines is 2. The van der Waals surface area contributed by atoms with E-state index >= 15 is 0 Å². The summed E-state index contributed by atoms with van der Waals surface area (Å²) in [7, 11) is 0. The Morgan fingerprint density at radius 2 is 1.77 bits per heavy atom. The molecule has 0 bridgehead atoms. The Balaban J connectivity index is 1.37. The second-order valence-electron chi connectivity index (χ2n) is 6.82. The summed E-state index contributed by atoms with van der Waals surface area (Å²) in [6.45, 7) is 5.05. The summed E-state index contributed by atoms with van der Waals surface area (Å²) in [5.41, 5.74) is 2.48. The number of rotatable bonds is 3. The molecule has 1 amide bonds. The normalized spacial score (nSPS) is 18.9. The van der Waals surface area contributed by atoms with Gasteiger partial charge >= 0.3 is 0 Å². The minimum Gasteiger partial charge on any atom is -0.356 e. The molecular formula is C20H23N3O3. The van der Waals surface area contributed by atoms with Crippen LogP contribution in [0.1, 0.15) is 28.8 Å². The third-order valence-corrected chi connectivity index (χ3v) is 4.98. The molecule has 1 N–H and O–H groups in total. The maximum absolute atomic E-state index is 12.4. The fourth-order valence-corrected chi connectivity index (χ4v) is 3.41. The van der Waals surface area contributed by atoms with Crippen molar-refractivity contribution in [3.63, 3.8) is 0 Å². The summed E-state index contributed by atoms with van der Waals surface area (Å²) in [5, 5.41) is 2.89. The first-order valence-electron chi connectivity index (χ1n) is 9.01. The van der Waals surface area contributed by atoms with Crippen LogP contribution in [0.5, 0.6) is 0 Å². The number of benzene rings is 1. The maximum atomic E-state index is 12.4. The Hall–Kier alpha value is -2.44. The van der Waals surface area contributed by atoms with Gasteiger partial charge in [-0.3, -0.25) is 4.79 Å². The molecule has 0 radical (unpaired) electrons. The number of ether oxygens (including phenoxy) is 2. The van der Waals surface area contributed by atoms with Crippen molar-refractivity contribution in [2.24, 2.45) is 0 Å². The van der Waals surface area contributed by atoms with Crippen LogP contribution >= 0.6 is 0 Å². The fraction of sp³-hybridized carbons (Fsp3) is 0.400. The van der Waals surface area contributed by atoms with Crippen LogP contribution in [0.15, 0.2) is 42.6 Å². The lowest BCUT2D eigenvalue weighted by atomic mass is 10.0. The van der Waals surface area contributed by atoms with E-state index in [4.69, 9.17) is 9.47 Å². The second-order valence-corrected chi connectivity index (χ2v) is 6.82. The van der Waals surface area contributed by atoms with Crippen LogP contribution in [0.4, 0.5) is 11.5 Å². The fourth-order valence-electron chi connectivity index (χ4n) is 3.41. The Bertz CT molecular complexity index is 758. The van der Waals surface area contributed by atoms with Crippen molar-refractivity contribution in [1.29, 1.82) is 0 Å². The van der Waals surface area contributed by atoms with Crippen molar-refractivity contribution in [2.45, 2.75) is 25.6 Å². The molecular weight excluding hydrogens is 330 g/mol. The summed E-state index contributed by atoms with van der Waals surface area (Å²) >= 11 is 0. The Kier molecular flexibility index (Phi) is 4.61. The smallest absolute Gasteiger partial charge is 0.257 e. The zero-order valence-electron chi connectivity index (χ0n) is 14.9. The highest BCUT2D eigenvalue weighted by atomic mass is 16.7. The van der Waals surface area contributed by atoms with Crippen molar-refractivity contribution in [3.8, 4) is 0 Å². The minimum absolute atomic E-state index is 0.154. The topological polar surface area (TPSA) is 63.7 Å². The molecule has 0 atom stereocenters. The third kappa shape index (κ3) is 3.57. The molecule has 3 heterocycles. The lowest BCUT2D eigenvalue weighted by Crippen LogP contribution is -2.45. The number of carbonyl (C=O) groups excluding carboxylic acids is 1. The molecule has 2 aliphatic rings. The first-order chi connectivity index (χ1) is 12.6. The monoisotopic (exact) mass is 353 g/mol. The van der Waals surface area contributed by atoms with E-state index in [2.05, 4.69) is 15.2 Å². The van der Waals surface area contributed by atoms with E-state index in [9.17, 15) is 4.79 Å². The van der Waals surface area contributed by atoms with Gasteiger partial charge in [-0.25, -0.2) is 4.98 Å². The summed E-state index contributed by atoms with van der Waals surface area (Å²) in [4.78, 5) is 19.0. The third-order valence-electron chi connectivity index (χ3n) is 4.98. The average molecular weight is 353 g/mol. The largest absolute Gasteiger partial charge is 0.356 e. The van der Waals surface area contributed by atoms with Gasteiger partial charge in [0.1, 0.15) is 5.82 Å². The number of carbonyl (C=O) groups is 1. The first kappa shape index (κ1) is 17.0. The van der Waals surface area contributed by atoms with Gasteiger partial charge in [0.2, 0.25) is 0 Å². The number of piperidine rings is 1. The molecule has 4 rings (SSSR count). The number of nitrogens with one attached hydrogen (secondary N) is 1. The molecule has 1 spiro atoms. The lowest BCUT2D eigenvalue weighted by molar-refractivity contribution is -0.169. The van der Waals surface area contributed by atoms with Crippen LogP contribution in [0.25, 0.3) is 0 Å². The molecule has 26 heavy (non-hydrogen) atoms. The molecule has 1 aromatic heterocycles. The van der Waals surface area contributed by atoms with Crippen molar-refractivity contribution in [2.75, 3.05) is 36.5 Å². The molecule has 0 unspecified atom stereocenters. The number of hydrogen-bond donors (Lipinski definition) is 1. The zero-order valence-corrected chi connectivity index (χ0v) is 14.9. The standard InChI is InChI=1S/C20H23N3O3/c1-15-2-5-17(6-3-15)22-19(24)16-4-7-18(21-14-16)23-10-8-20(9-11-23)25-12-13-26-20/h2-7,14H,8-13H2,1H3,(H,22,24). The van der Waals surface area contributed by atoms with Gasteiger partial charge in [-0.1, -0.05) is 17.7 Å². The number of pyridine rings is 1. The summed E-state index contributed by atoms with van der Waals surface area (Å²) < 4.78 is 11.5. The Morgan fingerprint density at radius 3 is 2.38 bits per heavy atom. The van der Waals surface area contributed by atoms with Crippen molar-refractivity contribution >= 4 is 17.4 Å². The highest BCUT2D eigenvalue weighted by Gasteiger charge is 2.39. The van der Waals surface area contributed by atoms with Gasteiger partial charge in [-0.2, -0.15) is 0 Å². The molecule has 2 fully saturated rings. The number of amides is 1. The van der Waals surface area contributed by atoms with Crippen molar-refractivity contribution in [3.05, 3.63) is 53.7 Å². The SMILES string of the molecule is Cc1ccc(NC(=O)c2ccc(N3CCC4(CC3)OCCO4)nc2)cc1. The van der Waals surface area contributed by atoms with E-state index in [-0.39, 0.29) is 11.7 Å². The van der Waals surface area contributed by atoms with E-state index in [1.165, 1.54) is 0 Å². The highest BCUT2D eigenvalue weighted by molar-refractivity contribution is 6.04. The summed E-state index contributed by atoms with van der Waals surface area (Å²) in [6, 6.07) is 11.4. The van der Waals surface area contributed by atoms with Crippen LogP contribution in [-0.4, -0.2) is 43.0 Å². The van der Waals surface area contributed by atoms with Gasteiger partial charge in [0.25, 0.3) is 5.91 Å². The van der Waals surface area contributed by atoms with Gasteiger partial charge in [0, 0.05) is 37.8 Å². The van der Waals surface area contributed by atoms with Crippen molar-refractivity contribution in [1.82, 2.24) is 4.98 Å². The van der Waals surface area contributed by atoms with Gasteiger partial charge in [-0.05, 0) is 31.2 Å². The van der Waals surface area contributed by atoms with Gasteiger partial charge in [0.15, 0.2) is 5.79 Å². The molecule has 2 saturated heterocycles. The van der Waals surface area contributed by atoms with E-state index in [1.807, 2.05) is 43.3 Å². The van der Waals surface area contributed by atoms with Crippen LogP contribution in [0, 0.1) is 6.92 Å². The molecule has 2 aliphatic heterocycles. The quantitative estimate of drug-likeness (QED) is 0.919. The van der Waals surface area contributed by atoms with Gasteiger partial charge in [-0.15, -0.1) is 0 Å². The second kappa shape index (κ2) is 7.05. The highest BCUT2D eigenvalue weighted by Crippen LogP contribution is 2.32. The van der Waals surface area contributed by atoms with E-state index in [0.717, 1.165) is 43.0 Å². The minimum atomic E-state index is -0.385. The Labute approximate surface area is 153 Å². The Morgan fingerprint density at radius 1 is 1.08 bits per heavy atom. The van der Waals surface area contributed by atoms with Crippen LogP contribution in [0.2, 0.25) is 0 Å². The average Bonchev–Trinajstić information content (AvgIpc) is 3.12. The predicted octanol–water partition coefficient (Wildman–Crippen LogP) is 2.99. The van der Waals surface area contributed by atoms with Crippen LogP contribution in [0.3, 0.4) is 0 Å². The summed E-state index contributed by atoms with van der Waals surface area (Å²) in [5.74, 6) is 0.340. The molecule has 6 heteroatoms. The lowest BCUT2D eigenvalue weighted by Gasteiger charge is -2.38. The maximum Gasteiger partial charge on any atom is 0.257 e. The molecule has 6 nitrogen and oxygen atoms in total. The molecule has 0 aliphatic carbocycles. The predicted molar refractivity (Wildman–Crippen MR) is 99.5 cm³/mol. The molecule has 2 aromatic rings. The van der Waals surface area contributed by atoms with Crippen LogP contribution in [-0.2, 0) is 9.47 Å². The molecule has 1 aromatic carbocycles.